The average Bonchev–Trinajstić information content (AvgIpc) is 3.48. The van der Waals surface area contributed by atoms with E-state index in [1.165, 1.54) is 0 Å². The normalized spacial score (nSPS) is 10.0. The number of nitrogens with zero attached hydrogens (tertiary/aromatic N) is 4. The molecule has 448 valence electrons. The summed E-state index contributed by atoms with van der Waals surface area (Å²) in [5.74, 6) is -0.367. The number of phenolic OH excluding ortho intramolecular Hbond substituents is 2. The molecule has 14 heteroatoms. The molecule has 0 saturated heterocycles. The predicted molar refractivity (Wildman–Crippen MR) is 339 cm³/mol. The lowest BCUT2D eigenvalue weighted by atomic mass is 10.0. The van der Waals surface area contributed by atoms with Gasteiger partial charge in [0.25, 0.3) is 0 Å². The van der Waals surface area contributed by atoms with Crippen LogP contribution in [0.2, 0.25) is 0 Å². The number of phenols is 2. The summed E-state index contributed by atoms with van der Waals surface area (Å²) >= 11 is 0. The monoisotopic (exact) mass is 1180 g/mol. The Morgan fingerprint density at radius 1 is 0.295 bits per heavy atom. The first-order valence-electron chi connectivity index (χ1n) is 29.4. The van der Waals surface area contributed by atoms with Crippen LogP contribution in [0.3, 0.4) is 0 Å². The van der Waals surface area contributed by atoms with Gasteiger partial charge in [-0.1, -0.05) is 161 Å². The summed E-state index contributed by atoms with van der Waals surface area (Å²) in [6.45, 7) is 0. The standard InChI is InChI=1S/C37H34N2O4.2C13H9NO.C11H20O4/c38-26-28-13-17-30(18-14-28)31-21-23-34(24-22-31)42-36(40)11-6-4-2-1-3-5-7-12-37(41)43-35-10-8-9-33(25-35)32-19-15-29(27-39)16-20-32;14-9-10-1-3-11(4-2-10)12-5-7-13(15)8-6-12;14-9-10-4-6-11(7-5-10)12-2-1-3-13(15)8-12;12-10(13)8-6-4-2-1-3-5-7-9-11(14)15/h8-10,13-25H,1-7,11-12H2;2*1-8,15H;1-9H2,(H,12,13)(H,14,15). The van der Waals surface area contributed by atoms with Crippen molar-refractivity contribution in [3.8, 4) is 91.8 Å². The van der Waals surface area contributed by atoms with Crippen LogP contribution in [-0.4, -0.2) is 44.3 Å². The third-order valence-electron chi connectivity index (χ3n) is 13.8. The van der Waals surface area contributed by atoms with E-state index >= 15 is 0 Å². The van der Waals surface area contributed by atoms with E-state index in [-0.39, 0.29) is 36.3 Å². The summed E-state index contributed by atoms with van der Waals surface area (Å²) < 4.78 is 11.0. The van der Waals surface area contributed by atoms with E-state index in [4.69, 9.17) is 45.8 Å². The van der Waals surface area contributed by atoms with Crippen LogP contribution >= 0.6 is 0 Å². The van der Waals surface area contributed by atoms with Gasteiger partial charge in [-0.25, -0.2) is 0 Å². The SMILES string of the molecule is N#Cc1ccc(-c2ccc(O)cc2)cc1.N#Cc1ccc(-c2ccc(OC(=O)CCCCCCCCCC(=O)Oc3cccc(-c4ccc(C#N)cc4)c3)cc2)cc1.N#Cc1ccc(-c2cccc(O)c2)cc1.O=C(O)CCCCCCCCCC(=O)O. The van der Waals surface area contributed by atoms with E-state index in [2.05, 4.69) is 24.3 Å². The molecule has 0 saturated carbocycles. The maximum absolute atomic E-state index is 12.3. The van der Waals surface area contributed by atoms with Crippen LogP contribution in [0.1, 0.15) is 138 Å². The van der Waals surface area contributed by atoms with Gasteiger partial charge in [0, 0.05) is 25.7 Å². The van der Waals surface area contributed by atoms with Gasteiger partial charge in [-0.3, -0.25) is 19.2 Å². The lowest BCUT2D eigenvalue weighted by Gasteiger charge is -2.07. The summed E-state index contributed by atoms with van der Waals surface area (Å²) in [6.07, 6.45) is 14.6. The molecule has 0 aromatic heterocycles. The van der Waals surface area contributed by atoms with Gasteiger partial charge in [0.05, 0.1) is 46.5 Å². The van der Waals surface area contributed by atoms with Crippen LogP contribution in [0.15, 0.2) is 194 Å². The first-order valence-corrected chi connectivity index (χ1v) is 29.4. The van der Waals surface area contributed by atoms with Gasteiger partial charge in [-0.05, 0) is 167 Å². The van der Waals surface area contributed by atoms with Crippen molar-refractivity contribution in [2.24, 2.45) is 0 Å². The molecule has 0 radical (unpaired) electrons. The largest absolute Gasteiger partial charge is 0.508 e. The van der Waals surface area contributed by atoms with Crippen LogP contribution in [0.5, 0.6) is 23.0 Å². The third-order valence-corrected chi connectivity index (χ3v) is 13.8. The van der Waals surface area contributed by atoms with Crippen LogP contribution in [0.25, 0.3) is 44.5 Å². The number of hydrogen-bond donors (Lipinski definition) is 4. The zero-order valence-corrected chi connectivity index (χ0v) is 49.2. The number of carboxylic acid groups (broad SMARTS) is 2. The summed E-state index contributed by atoms with van der Waals surface area (Å²) in [5, 5.41) is 70.4. The van der Waals surface area contributed by atoms with Gasteiger partial charge in [0.2, 0.25) is 0 Å². The van der Waals surface area contributed by atoms with E-state index in [9.17, 15) is 24.3 Å². The molecule has 0 atom stereocenters. The molecular weight excluding hydrogens is 1100 g/mol. The van der Waals surface area contributed by atoms with E-state index in [0.29, 0.717) is 46.6 Å². The molecule has 0 fully saturated rings. The minimum Gasteiger partial charge on any atom is -0.508 e. The van der Waals surface area contributed by atoms with E-state index in [1.54, 1.807) is 97.1 Å². The van der Waals surface area contributed by atoms with Crippen molar-refractivity contribution in [1.82, 2.24) is 0 Å². The number of esters is 2. The molecule has 8 aromatic rings. The van der Waals surface area contributed by atoms with Crippen LogP contribution in [0, 0.1) is 45.3 Å². The topological polar surface area (TPSA) is 263 Å². The van der Waals surface area contributed by atoms with Crippen LogP contribution in [0.4, 0.5) is 0 Å². The maximum atomic E-state index is 12.3. The molecule has 4 N–H and O–H groups in total. The number of ether oxygens (including phenoxy) is 2. The average molecular weight is 1180 g/mol. The minimum absolute atomic E-state index is 0.230. The first kappa shape index (κ1) is 68.0. The highest BCUT2D eigenvalue weighted by Gasteiger charge is 2.10. The van der Waals surface area contributed by atoms with Gasteiger partial charge in [-0.2, -0.15) is 21.0 Å². The van der Waals surface area contributed by atoms with Gasteiger partial charge in [0.15, 0.2) is 0 Å². The Morgan fingerprint density at radius 3 is 0.920 bits per heavy atom. The molecule has 88 heavy (non-hydrogen) atoms. The van der Waals surface area contributed by atoms with Crippen LogP contribution < -0.4 is 9.47 Å². The number of carbonyl (C=O) groups is 4. The number of aromatic hydroxyl groups is 2. The number of benzene rings is 8. The van der Waals surface area contributed by atoms with Crippen molar-refractivity contribution in [3.05, 3.63) is 216 Å². The highest BCUT2D eigenvalue weighted by Crippen LogP contribution is 2.28. The van der Waals surface area contributed by atoms with Crippen molar-refractivity contribution < 1.29 is 49.1 Å². The molecule has 0 unspecified atom stereocenters. The highest BCUT2D eigenvalue weighted by molar-refractivity contribution is 5.75. The maximum Gasteiger partial charge on any atom is 0.311 e. The molecule has 8 aromatic carbocycles. The first-order chi connectivity index (χ1) is 42.7. The fourth-order valence-corrected chi connectivity index (χ4v) is 8.97. The van der Waals surface area contributed by atoms with Gasteiger partial charge in [-0.15, -0.1) is 0 Å². The minimum atomic E-state index is -0.726. The number of nitriles is 4. The molecule has 0 heterocycles. The summed E-state index contributed by atoms with van der Waals surface area (Å²) in [5.41, 5.74) is 10.4. The van der Waals surface area contributed by atoms with Gasteiger partial charge < -0.3 is 29.9 Å². The summed E-state index contributed by atoms with van der Waals surface area (Å²) in [4.78, 5) is 44.9. The zero-order valence-electron chi connectivity index (χ0n) is 49.2. The Hall–Kier alpha value is -10.8. The molecule has 0 spiro atoms. The van der Waals surface area contributed by atoms with E-state index in [1.807, 2.05) is 97.1 Å². The van der Waals surface area contributed by atoms with Gasteiger partial charge in [0.1, 0.15) is 23.0 Å². The number of hydrogen-bond acceptors (Lipinski definition) is 12. The van der Waals surface area contributed by atoms with Crippen LogP contribution in [-0.2, 0) is 19.2 Å². The summed E-state index contributed by atoms with van der Waals surface area (Å²) in [7, 11) is 0. The molecule has 8 rings (SSSR count). The van der Waals surface area contributed by atoms with Crippen molar-refractivity contribution in [2.45, 2.75) is 116 Å². The third kappa shape index (κ3) is 26.4. The Morgan fingerprint density at radius 2 is 0.580 bits per heavy atom. The number of rotatable bonds is 26. The molecule has 0 aliphatic carbocycles. The molecule has 14 nitrogen and oxygen atoms in total. The molecule has 0 bridgehead atoms. The number of unbranched alkanes of at least 4 members (excludes halogenated alkanes) is 12. The zero-order chi connectivity index (χ0) is 63.1. The second-order valence-corrected chi connectivity index (χ2v) is 20.6. The Bertz CT molecular complexity index is 3590. The second-order valence-electron chi connectivity index (χ2n) is 20.6. The molecule has 0 aliphatic heterocycles. The Balaban J connectivity index is 0.000000253. The Kier molecular flexibility index (Phi) is 30.1. The number of carboxylic acids is 2. The van der Waals surface area contributed by atoms with Crippen molar-refractivity contribution in [1.29, 1.82) is 21.0 Å². The smallest absolute Gasteiger partial charge is 0.311 e. The molecule has 0 aliphatic rings. The second kappa shape index (κ2) is 38.9. The lowest BCUT2D eigenvalue weighted by molar-refractivity contribution is -0.138. The fourth-order valence-electron chi connectivity index (χ4n) is 8.97. The quantitative estimate of drug-likeness (QED) is 0.0223. The fraction of sp³-hybridized carbons (Fsp3) is 0.243. The van der Waals surface area contributed by atoms with Gasteiger partial charge >= 0.3 is 23.9 Å². The lowest BCUT2D eigenvalue weighted by Crippen LogP contribution is -2.07. The van der Waals surface area contributed by atoms with Crippen molar-refractivity contribution in [2.75, 3.05) is 0 Å². The van der Waals surface area contributed by atoms with E-state index in [0.717, 1.165) is 134 Å². The highest BCUT2D eigenvalue weighted by atomic mass is 16.5. The van der Waals surface area contributed by atoms with Crippen molar-refractivity contribution in [3.63, 3.8) is 0 Å². The Labute approximate surface area is 515 Å². The molecular formula is C74H72N4O10. The summed E-state index contributed by atoms with van der Waals surface area (Å²) in [6, 6.07) is 66.4. The van der Waals surface area contributed by atoms with Crippen molar-refractivity contribution >= 4 is 23.9 Å². The van der Waals surface area contributed by atoms with E-state index < -0.39 is 11.9 Å². The number of aliphatic carboxylic acids is 2. The predicted octanol–water partition coefficient (Wildman–Crippen LogP) is 17.3. The number of carbonyl (C=O) groups excluding carboxylic acids is 2. The molecule has 0 amide bonds.